The van der Waals surface area contributed by atoms with Gasteiger partial charge < -0.3 is 14.7 Å². The van der Waals surface area contributed by atoms with Crippen molar-refractivity contribution in [1.82, 2.24) is 4.90 Å². The SMILES string of the molecule is O=C(COc1cccc([N+](=O)[O-])c1)N1CCC[C@H]1CO. The Bertz CT molecular complexity index is 505. The third-order valence-corrected chi connectivity index (χ3v) is 3.30. The maximum Gasteiger partial charge on any atom is 0.273 e. The van der Waals surface area contributed by atoms with Gasteiger partial charge in [-0.25, -0.2) is 0 Å². The van der Waals surface area contributed by atoms with Crippen LogP contribution < -0.4 is 4.74 Å². The molecule has 1 aliphatic heterocycles. The van der Waals surface area contributed by atoms with E-state index in [2.05, 4.69) is 0 Å². The minimum atomic E-state index is -0.517. The van der Waals surface area contributed by atoms with Crippen LogP contribution in [0.4, 0.5) is 5.69 Å². The van der Waals surface area contributed by atoms with Crippen LogP contribution in [-0.2, 0) is 4.79 Å². The van der Waals surface area contributed by atoms with Crippen molar-refractivity contribution in [2.24, 2.45) is 0 Å². The van der Waals surface area contributed by atoms with Crippen LogP contribution in [-0.4, -0.2) is 46.6 Å². The second-order valence-corrected chi connectivity index (χ2v) is 4.61. The molecule has 0 radical (unpaired) electrons. The number of likely N-dealkylation sites (tertiary alicyclic amines) is 1. The second kappa shape index (κ2) is 6.33. The highest BCUT2D eigenvalue weighted by Crippen LogP contribution is 2.20. The van der Waals surface area contributed by atoms with Gasteiger partial charge in [0.2, 0.25) is 0 Å². The van der Waals surface area contributed by atoms with Crippen LogP contribution in [0.25, 0.3) is 0 Å². The number of carbonyl (C=O) groups is 1. The van der Waals surface area contributed by atoms with Gasteiger partial charge in [0.1, 0.15) is 5.75 Å². The van der Waals surface area contributed by atoms with Crippen molar-refractivity contribution in [3.05, 3.63) is 34.4 Å². The predicted octanol–water partition coefficient (Wildman–Crippen LogP) is 0.957. The molecule has 1 fully saturated rings. The summed E-state index contributed by atoms with van der Waals surface area (Å²) in [4.78, 5) is 23.7. The number of ether oxygens (including phenoxy) is 1. The van der Waals surface area contributed by atoms with Crippen LogP contribution in [0.5, 0.6) is 5.75 Å². The summed E-state index contributed by atoms with van der Waals surface area (Å²) in [7, 11) is 0. The lowest BCUT2D eigenvalue weighted by Crippen LogP contribution is -2.40. The summed E-state index contributed by atoms with van der Waals surface area (Å²) >= 11 is 0. The fraction of sp³-hybridized carbons (Fsp3) is 0.462. The van der Waals surface area contributed by atoms with Gasteiger partial charge in [-0.1, -0.05) is 6.07 Å². The Morgan fingerprint density at radius 3 is 3.05 bits per heavy atom. The van der Waals surface area contributed by atoms with Crippen LogP contribution in [0.1, 0.15) is 12.8 Å². The van der Waals surface area contributed by atoms with E-state index in [1.54, 1.807) is 11.0 Å². The third kappa shape index (κ3) is 3.24. The van der Waals surface area contributed by atoms with Crippen LogP contribution in [0.2, 0.25) is 0 Å². The lowest BCUT2D eigenvalue weighted by molar-refractivity contribution is -0.384. The molecule has 1 heterocycles. The molecule has 0 aromatic heterocycles. The molecule has 20 heavy (non-hydrogen) atoms. The number of non-ortho nitro benzene ring substituents is 1. The Morgan fingerprint density at radius 1 is 1.55 bits per heavy atom. The summed E-state index contributed by atoms with van der Waals surface area (Å²) in [5, 5.41) is 19.8. The molecule has 108 valence electrons. The largest absolute Gasteiger partial charge is 0.484 e. The zero-order valence-electron chi connectivity index (χ0n) is 10.9. The average Bonchev–Trinajstić information content (AvgIpc) is 2.93. The van der Waals surface area contributed by atoms with E-state index in [-0.39, 0.29) is 36.6 Å². The predicted molar refractivity (Wildman–Crippen MR) is 70.4 cm³/mol. The zero-order valence-corrected chi connectivity index (χ0v) is 10.9. The minimum absolute atomic E-state index is 0.0530. The maximum atomic E-state index is 12.0. The number of nitro benzene ring substituents is 1. The monoisotopic (exact) mass is 280 g/mol. The summed E-state index contributed by atoms with van der Waals surface area (Å²) in [6, 6.07) is 5.56. The van der Waals surface area contributed by atoms with E-state index in [0.29, 0.717) is 6.54 Å². The third-order valence-electron chi connectivity index (χ3n) is 3.30. The van der Waals surface area contributed by atoms with E-state index in [1.807, 2.05) is 0 Å². The maximum absolute atomic E-state index is 12.0. The molecule has 1 aromatic rings. The van der Waals surface area contributed by atoms with Gasteiger partial charge in [0, 0.05) is 12.6 Å². The lowest BCUT2D eigenvalue weighted by atomic mass is 10.2. The van der Waals surface area contributed by atoms with Crippen molar-refractivity contribution in [3.63, 3.8) is 0 Å². The Labute approximate surface area is 115 Å². The number of aliphatic hydroxyl groups is 1. The Kier molecular flexibility index (Phi) is 4.52. The Morgan fingerprint density at radius 2 is 2.35 bits per heavy atom. The molecule has 7 heteroatoms. The van der Waals surface area contributed by atoms with Crippen molar-refractivity contribution in [1.29, 1.82) is 0 Å². The van der Waals surface area contributed by atoms with Gasteiger partial charge in [-0.2, -0.15) is 0 Å². The first-order valence-electron chi connectivity index (χ1n) is 6.39. The molecule has 1 N–H and O–H groups in total. The van der Waals surface area contributed by atoms with Gasteiger partial charge in [0.25, 0.3) is 11.6 Å². The number of carbonyl (C=O) groups excluding carboxylic acids is 1. The molecular formula is C13H16N2O5. The smallest absolute Gasteiger partial charge is 0.273 e. The molecule has 2 rings (SSSR count). The number of benzene rings is 1. The molecule has 0 saturated carbocycles. The molecule has 7 nitrogen and oxygen atoms in total. The standard InChI is InChI=1S/C13H16N2O5/c16-8-11-4-2-6-14(11)13(17)9-20-12-5-1-3-10(7-12)15(18)19/h1,3,5,7,11,16H,2,4,6,8-9H2/t11-/m0/s1. The number of hydrogen-bond acceptors (Lipinski definition) is 5. The zero-order chi connectivity index (χ0) is 14.5. The van der Waals surface area contributed by atoms with E-state index < -0.39 is 4.92 Å². The summed E-state index contributed by atoms with van der Waals surface area (Å²) < 4.78 is 5.29. The fourth-order valence-corrected chi connectivity index (χ4v) is 2.27. The van der Waals surface area contributed by atoms with E-state index in [0.717, 1.165) is 12.8 Å². The van der Waals surface area contributed by atoms with Crippen molar-refractivity contribution < 1.29 is 19.6 Å². The van der Waals surface area contributed by atoms with Gasteiger partial charge in [-0.3, -0.25) is 14.9 Å². The fourth-order valence-electron chi connectivity index (χ4n) is 2.27. The normalized spacial score (nSPS) is 18.1. The van der Waals surface area contributed by atoms with Crippen LogP contribution >= 0.6 is 0 Å². The van der Waals surface area contributed by atoms with Crippen LogP contribution in [0.3, 0.4) is 0 Å². The molecule has 1 aromatic carbocycles. The number of hydrogen-bond donors (Lipinski definition) is 1. The van der Waals surface area contributed by atoms with Crippen molar-refractivity contribution in [2.45, 2.75) is 18.9 Å². The van der Waals surface area contributed by atoms with Gasteiger partial charge in [-0.05, 0) is 18.9 Å². The quantitative estimate of drug-likeness (QED) is 0.640. The minimum Gasteiger partial charge on any atom is -0.484 e. The number of nitro groups is 1. The first-order chi connectivity index (χ1) is 9.61. The van der Waals surface area contributed by atoms with Gasteiger partial charge in [0.15, 0.2) is 6.61 Å². The molecule has 0 unspecified atom stereocenters. The van der Waals surface area contributed by atoms with Crippen molar-refractivity contribution in [3.8, 4) is 5.75 Å². The molecule has 0 spiro atoms. The molecule has 1 amide bonds. The topological polar surface area (TPSA) is 92.9 Å². The highest BCUT2D eigenvalue weighted by Gasteiger charge is 2.28. The van der Waals surface area contributed by atoms with E-state index in [4.69, 9.17) is 9.84 Å². The van der Waals surface area contributed by atoms with Crippen molar-refractivity contribution >= 4 is 11.6 Å². The molecule has 1 saturated heterocycles. The summed E-state index contributed by atoms with van der Waals surface area (Å²) in [6.07, 6.45) is 1.66. The first-order valence-corrected chi connectivity index (χ1v) is 6.39. The first kappa shape index (κ1) is 14.3. The highest BCUT2D eigenvalue weighted by atomic mass is 16.6. The van der Waals surface area contributed by atoms with E-state index in [9.17, 15) is 14.9 Å². The Hall–Kier alpha value is -2.15. The van der Waals surface area contributed by atoms with Gasteiger partial charge in [-0.15, -0.1) is 0 Å². The van der Waals surface area contributed by atoms with Crippen LogP contribution in [0.15, 0.2) is 24.3 Å². The summed E-state index contributed by atoms with van der Waals surface area (Å²) in [6.45, 7) is 0.378. The number of amides is 1. The molecule has 0 aliphatic carbocycles. The number of rotatable bonds is 5. The molecule has 1 atom stereocenters. The van der Waals surface area contributed by atoms with E-state index >= 15 is 0 Å². The average molecular weight is 280 g/mol. The number of aliphatic hydroxyl groups excluding tert-OH is 1. The van der Waals surface area contributed by atoms with Crippen LogP contribution in [0, 0.1) is 10.1 Å². The summed E-state index contributed by atoms with van der Waals surface area (Å²) in [5.41, 5.74) is -0.0793. The number of nitrogens with zero attached hydrogens (tertiary/aromatic N) is 2. The summed E-state index contributed by atoms with van der Waals surface area (Å²) in [5.74, 6) is 0.0698. The lowest BCUT2D eigenvalue weighted by Gasteiger charge is -2.22. The molecule has 0 bridgehead atoms. The van der Waals surface area contributed by atoms with E-state index in [1.165, 1.54) is 18.2 Å². The Balaban J connectivity index is 1.93. The van der Waals surface area contributed by atoms with Crippen molar-refractivity contribution in [2.75, 3.05) is 19.8 Å². The van der Waals surface area contributed by atoms with Gasteiger partial charge in [0.05, 0.1) is 23.6 Å². The highest BCUT2D eigenvalue weighted by molar-refractivity contribution is 5.78. The molecular weight excluding hydrogens is 264 g/mol. The van der Waals surface area contributed by atoms with Gasteiger partial charge >= 0.3 is 0 Å². The second-order valence-electron chi connectivity index (χ2n) is 4.61. The molecule has 1 aliphatic rings.